The van der Waals surface area contributed by atoms with Gasteiger partial charge in [-0.05, 0) is 49.8 Å². The molecule has 0 unspecified atom stereocenters. The smallest absolute Gasteiger partial charge is 0.263 e. The molecule has 0 saturated heterocycles. The van der Waals surface area contributed by atoms with Crippen LogP contribution in [0.15, 0.2) is 52.2 Å². The molecular formula is C22H21N5O2. The first-order valence-corrected chi connectivity index (χ1v) is 9.78. The second kappa shape index (κ2) is 6.92. The van der Waals surface area contributed by atoms with Gasteiger partial charge in [-0.15, -0.1) is 0 Å². The van der Waals surface area contributed by atoms with Gasteiger partial charge in [-0.25, -0.2) is 9.97 Å². The summed E-state index contributed by atoms with van der Waals surface area (Å²) >= 11 is 0. The van der Waals surface area contributed by atoms with E-state index in [1.807, 2.05) is 13.0 Å². The number of pyridine rings is 1. The van der Waals surface area contributed by atoms with Crippen molar-refractivity contribution in [3.8, 4) is 0 Å². The Morgan fingerprint density at radius 1 is 1.14 bits per heavy atom. The molecule has 29 heavy (non-hydrogen) atoms. The van der Waals surface area contributed by atoms with Crippen LogP contribution in [-0.2, 0) is 6.54 Å². The molecule has 0 N–H and O–H groups in total. The van der Waals surface area contributed by atoms with Gasteiger partial charge in [0.25, 0.3) is 5.56 Å². The van der Waals surface area contributed by atoms with Crippen LogP contribution in [-0.4, -0.2) is 24.7 Å². The largest absolute Gasteiger partial charge is 0.337 e. The second-order valence-corrected chi connectivity index (χ2v) is 7.83. The van der Waals surface area contributed by atoms with Crippen LogP contribution >= 0.6 is 0 Å². The highest BCUT2D eigenvalue weighted by Gasteiger charge is 2.34. The van der Waals surface area contributed by atoms with E-state index in [0.717, 1.165) is 24.2 Å². The first-order chi connectivity index (χ1) is 14.1. The summed E-state index contributed by atoms with van der Waals surface area (Å²) in [4.78, 5) is 25.8. The van der Waals surface area contributed by atoms with Gasteiger partial charge in [-0.3, -0.25) is 9.36 Å². The summed E-state index contributed by atoms with van der Waals surface area (Å²) in [5.41, 5.74) is 3.82. The molecule has 4 aromatic rings. The summed E-state index contributed by atoms with van der Waals surface area (Å²) in [6.45, 7) is 4.20. The molecule has 1 aromatic carbocycles. The van der Waals surface area contributed by atoms with Crippen molar-refractivity contribution in [3.05, 3.63) is 81.6 Å². The third-order valence-electron chi connectivity index (χ3n) is 5.74. The summed E-state index contributed by atoms with van der Waals surface area (Å²) in [6.07, 6.45) is 5.18. The Labute approximate surface area is 167 Å². The Hall–Kier alpha value is -3.35. The van der Waals surface area contributed by atoms with Gasteiger partial charge in [0, 0.05) is 12.1 Å². The third kappa shape index (κ3) is 3.22. The monoisotopic (exact) mass is 387 g/mol. The standard InChI is InChI=1S/C22H21N5O2/c1-13-4-3-5-15(8-13)16-9-17(10-16)20-25-18(29-26-20)11-27-12-24-21-19(22(27)28)14(2)6-7-23-21/h3-8,12,16-17H,9-11H2,1-2H3. The quantitative estimate of drug-likeness (QED) is 0.533. The molecule has 1 aliphatic rings. The molecule has 0 spiro atoms. The SMILES string of the molecule is Cc1cccc(C2CC(c3noc(Cn4cnc5nccc(C)c5c4=O)n3)C2)c1. The van der Waals surface area contributed by atoms with Gasteiger partial charge in [0.1, 0.15) is 12.9 Å². The van der Waals surface area contributed by atoms with E-state index in [1.54, 1.807) is 6.20 Å². The predicted molar refractivity (Wildman–Crippen MR) is 108 cm³/mol. The minimum absolute atomic E-state index is 0.150. The Morgan fingerprint density at radius 3 is 2.83 bits per heavy atom. The number of aryl methyl sites for hydroxylation is 2. The second-order valence-electron chi connectivity index (χ2n) is 7.83. The lowest BCUT2D eigenvalue weighted by molar-refractivity contribution is 0.315. The zero-order valence-electron chi connectivity index (χ0n) is 16.4. The molecule has 3 aromatic heterocycles. The molecule has 146 valence electrons. The summed E-state index contributed by atoms with van der Waals surface area (Å²) in [5.74, 6) is 1.99. The number of nitrogens with zero attached hydrogens (tertiary/aromatic N) is 5. The maximum absolute atomic E-state index is 12.8. The molecule has 3 heterocycles. The fraction of sp³-hybridized carbons (Fsp3) is 0.318. The van der Waals surface area contributed by atoms with Crippen molar-refractivity contribution in [3.63, 3.8) is 0 Å². The Bertz CT molecular complexity index is 1250. The van der Waals surface area contributed by atoms with Crippen LogP contribution in [0.1, 0.15) is 53.1 Å². The highest BCUT2D eigenvalue weighted by molar-refractivity contribution is 5.76. The van der Waals surface area contributed by atoms with Crippen LogP contribution in [0.3, 0.4) is 0 Å². The molecule has 7 nitrogen and oxygen atoms in total. The lowest BCUT2D eigenvalue weighted by Gasteiger charge is -2.33. The number of hydrogen-bond donors (Lipinski definition) is 0. The minimum Gasteiger partial charge on any atom is -0.337 e. The molecule has 0 atom stereocenters. The average molecular weight is 387 g/mol. The third-order valence-corrected chi connectivity index (χ3v) is 5.74. The van der Waals surface area contributed by atoms with E-state index in [1.165, 1.54) is 22.0 Å². The number of aromatic nitrogens is 5. The molecule has 5 rings (SSSR count). The Balaban J connectivity index is 1.32. The van der Waals surface area contributed by atoms with Crippen molar-refractivity contribution in [2.45, 2.75) is 45.1 Å². The highest BCUT2D eigenvalue weighted by Crippen LogP contribution is 2.46. The van der Waals surface area contributed by atoms with E-state index in [2.05, 4.69) is 51.3 Å². The van der Waals surface area contributed by atoms with E-state index in [9.17, 15) is 4.79 Å². The van der Waals surface area contributed by atoms with Crippen LogP contribution < -0.4 is 5.56 Å². The molecule has 1 saturated carbocycles. The first-order valence-electron chi connectivity index (χ1n) is 9.78. The van der Waals surface area contributed by atoms with Gasteiger partial charge >= 0.3 is 0 Å². The molecular weight excluding hydrogens is 366 g/mol. The van der Waals surface area contributed by atoms with E-state index in [-0.39, 0.29) is 12.1 Å². The highest BCUT2D eigenvalue weighted by atomic mass is 16.5. The van der Waals surface area contributed by atoms with E-state index < -0.39 is 0 Å². The van der Waals surface area contributed by atoms with Crippen LogP contribution in [0.5, 0.6) is 0 Å². The van der Waals surface area contributed by atoms with Crippen molar-refractivity contribution in [2.75, 3.05) is 0 Å². The molecule has 0 aliphatic heterocycles. The van der Waals surface area contributed by atoms with Crippen molar-refractivity contribution in [2.24, 2.45) is 0 Å². The van der Waals surface area contributed by atoms with Crippen LogP contribution in [0, 0.1) is 13.8 Å². The number of fused-ring (bicyclic) bond motifs is 1. The van der Waals surface area contributed by atoms with Gasteiger partial charge < -0.3 is 4.52 Å². The summed E-state index contributed by atoms with van der Waals surface area (Å²) in [7, 11) is 0. The predicted octanol–water partition coefficient (Wildman–Crippen LogP) is 3.50. The molecule has 1 fully saturated rings. The van der Waals surface area contributed by atoms with Crippen LogP contribution in [0.2, 0.25) is 0 Å². The van der Waals surface area contributed by atoms with Gasteiger partial charge in [0.05, 0.1) is 5.39 Å². The zero-order valence-corrected chi connectivity index (χ0v) is 16.4. The van der Waals surface area contributed by atoms with Crippen molar-refractivity contribution in [1.29, 1.82) is 0 Å². The molecule has 0 radical (unpaired) electrons. The summed E-state index contributed by atoms with van der Waals surface area (Å²) in [6, 6.07) is 10.5. The normalized spacial score (nSPS) is 18.7. The number of rotatable bonds is 4. The molecule has 7 heteroatoms. The van der Waals surface area contributed by atoms with Crippen molar-refractivity contribution >= 4 is 11.0 Å². The van der Waals surface area contributed by atoms with E-state index in [0.29, 0.717) is 28.8 Å². The van der Waals surface area contributed by atoms with E-state index >= 15 is 0 Å². The topological polar surface area (TPSA) is 86.7 Å². The van der Waals surface area contributed by atoms with Gasteiger partial charge in [0.2, 0.25) is 5.89 Å². The molecule has 0 amide bonds. The average Bonchev–Trinajstić information content (AvgIpc) is 3.11. The van der Waals surface area contributed by atoms with Gasteiger partial charge in [0.15, 0.2) is 11.5 Å². The number of benzene rings is 1. The fourth-order valence-corrected chi connectivity index (χ4v) is 4.01. The van der Waals surface area contributed by atoms with Crippen LogP contribution in [0.4, 0.5) is 0 Å². The lowest BCUT2D eigenvalue weighted by atomic mass is 9.71. The van der Waals surface area contributed by atoms with Crippen molar-refractivity contribution in [1.82, 2.24) is 24.7 Å². The lowest BCUT2D eigenvalue weighted by Crippen LogP contribution is -2.23. The molecule has 1 aliphatic carbocycles. The first kappa shape index (κ1) is 17.7. The van der Waals surface area contributed by atoms with Gasteiger partial charge in [-0.2, -0.15) is 4.98 Å². The summed E-state index contributed by atoms with van der Waals surface area (Å²) in [5, 5.41) is 4.68. The van der Waals surface area contributed by atoms with Crippen molar-refractivity contribution < 1.29 is 4.52 Å². The molecule has 0 bridgehead atoms. The Kier molecular flexibility index (Phi) is 4.23. The Morgan fingerprint density at radius 2 is 2.00 bits per heavy atom. The fourth-order valence-electron chi connectivity index (χ4n) is 4.01. The zero-order chi connectivity index (χ0) is 20.0. The number of hydrogen-bond acceptors (Lipinski definition) is 6. The minimum atomic E-state index is -0.150. The van der Waals surface area contributed by atoms with E-state index in [4.69, 9.17) is 4.52 Å². The van der Waals surface area contributed by atoms with Crippen LogP contribution in [0.25, 0.3) is 11.0 Å². The van der Waals surface area contributed by atoms with Gasteiger partial charge in [-0.1, -0.05) is 35.0 Å². The maximum atomic E-state index is 12.8. The maximum Gasteiger partial charge on any atom is 0.263 e. The summed E-state index contributed by atoms with van der Waals surface area (Å²) < 4.78 is 6.91.